The van der Waals surface area contributed by atoms with Crippen LogP contribution in [-0.4, -0.2) is 38.1 Å². The van der Waals surface area contributed by atoms with E-state index >= 15 is 0 Å². The second-order valence-electron chi connectivity index (χ2n) is 7.30. The summed E-state index contributed by atoms with van der Waals surface area (Å²) in [4.78, 5) is 20.4. The molecule has 7 heteroatoms. The third-order valence-corrected chi connectivity index (χ3v) is 5.72. The first-order valence-corrected chi connectivity index (χ1v) is 10.0. The fourth-order valence-electron chi connectivity index (χ4n) is 2.97. The number of hydrogen-bond acceptors (Lipinski definition) is 3. The van der Waals surface area contributed by atoms with Gasteiger partial charge in [-0.1, -0.05) is 17.4 Å². The van der Waals surface area contributed by atoms with Crippen LogP contribution in [0.4, 0.5) is 13.9 Å². The summed E-state index contributed by atoms with van der Waals surface area (Å²) in [6, 6.07) is 7.63. The summed E-state index contributed by atoms with van der Waals surface area (Å²) in [5, 5.41) is 0.386. The van der Waals surface area contributed by atoms with Crippen LogP contribution in [0, 0.1) is 25.5 Å². The predicted octanol–water partition coefficient (Wildman–Crippen LogP) is 3.37. The molecule has 0 radical (unpaired) electrons. The average Bonchev–Trinajstić information content (AvgIpc) is 3.04. The van der Waals surface area contributed by atoms with Crippen LogP contribution in [0.15, 0.2) is 30.3 Å². The van der Waals surface area contributed by atoms with Crippen LogP contribution in [0.5, 0.6) is 0 Å². The van der Waals surface area contributed by atoms with Crippen LogP contribution in [0.1, 0.15) is 27.9 Å². The molecule has 0 fully saturated rings. The van der Waals surface area contributed by atoms with Crippen molar-refractivity contribution in [2.75, 3.05) is 32.1 Å². The average molecular weight is 405 g/mol. The van der Waals surface area contributed by atoms with E-state index in [9.17, 15) is 13.6 Å². The van der Waals surface area contributed by atoms with Gasteiger partial charge >= 0.3 is 0 Å². The molecular weight excluding hydrogens is 380 g/mol. The van der Waals surface area contributed by atoms with Crippen LogP contribution in [0.3, 0.4) is 0 Å². The van der Waals surface area contributed by atoms with Gasteiger partial charge in [-0.3, -0.25) is 9.69 Å². The van der Waals surface area contributed by atoms with Crippen molar-refractivity contribution in [3.8, 4) is 0 Å². The largest absolute Gasteiger partial charge is 0.340 e. The lowest BCUT2D eigenvalue weighted by atomic mass is 10.1. The lowest BCUT2D eigenvalue weighted by Crippen LogP contribution is -3.05. The highest BCUT2D eigenvalue weighted by Crippen LogP contribution is 2.32. The number of anilines is 1. The normalized spacial score (nSPS) is 11.4. The monoisotopic (exact) mass is 404 g/mol. The minimum atomic E-state index is -0.714. The summed E-state index contributed by atoms with van der Waals surface area (Å²) in [7, 11) is 4.09. The quantitative estimate of drug-likeness (QED) is 0.684. The van der Waals surface area contributed by atoms with Gasteiger partial charge in [-0.2, -0.15) is 0 Å². The molecule has 1 N–H and O–H groups in total. The van der Waals surface area contributed by atoms with Crippen LogP contribution < -0.4 is 9.80 Å². The SMILES string of the molecule is Cc1ccc(C(=O)N(CCC[NH+](C)C)c2nc3c(F)cc(F)cc3s2)cc1C. The molecule has 1 aromatic heterocycles. The van der Waals surface area contributed by atoms with Gasteiger partial charge in [0.25, 0.3) is 5.91 Å². The maximum absolute atomic E-state index is 14.1. The van der Waals surface area contributed by atoms with Gasteiger partial charge in [0, 0.05) is 24.6 Å². The lowest BCUT2D eigenvalue weighted by molar-refractivity contribution is -0.858. The number of nitrogens with one attached hydrogen (secondary N) is 1. The van der Waals surface area contributed by atoms with Crippen molar-refractivity contribution in [2.24, 2.45) is 0 Å². The van der Waals surface area contributed by atoms with Gasteiger partial charge in [-0.15, -0.1) is 0 Å². The first kappa shape index (κ1) is 20.4. The molecule has 0 spiro atoms. The van der Waals surface area contributed by atoms with Crippen molar-refractivity contribution < 1.29 is 18.5 Å². The molecule has 0 aliphatic carbocycles. The highest BCUT2D eigenvalue weighted by molar-refractivity contribution is 7.22. The molecule has 0 saturated heterocycles. The first-order chi connectivity index (χ1) is 13.3. The van der Waals surface area contributed by atoms with Gasteiger partial charge in [0.05, 0.1) is 25.3 Å². The Labute approximate surface area is 167 Å². The van der Waals surface area contributed by atoms with Crippen LogP contribution in [0.2, 0.25) is 0 Å². The summed E-state index contributed by atoms with van der Waals surface area (Å²) < 4.78 is 28.1. The molecule has 148 valence electrons. The lowest BCUT2D eigenvalue weighted by Gasteiger charge is -2.21. The summed E-state index contributed by atoms with van der Waals surface area (Å²) in [6.07, 6.45) is 0.770. The van der Waals surface area contributed by atoms with E-state index < -0.39 is 11.6 Å². The third kappa shape index (κ3) is 4.36. The van der Waals surface area contributed by atoms with E-state index in [1.807, 2.05) is 40.1 Å². The van der Waals surface area contributed by atoms with Crippen LogP contribution >= 0.6 is 11.3 Å². The molecule has 3 aromatic rings. The molecule has 2 aromatic carbocycles. The smallest absolute Gasteiger partial charge is 0.260 e. The Kier molecular flexibility index (Phi) is 6.05. The van der Waals surface area contributed by atoms with Crippen molar-refractivity contribution in [2.45, 2.75) is 20.3 Å². The van der Waals surface area contributed by atoms with Gasteiger partial charge in [-0.25, -0.2) is 13.8 Å². The molecule has 0 aliphatic rings. The predicted molar refractivity (Wildman–Crippen MR) is 109 cm³/mol. The van der Waals surface area contributed by atoms with Gasteiger partial charge in [-0.05, 0) is 43.2 Å². The Balaban J connectivity index is 1.99. The number of carbonyl (C=O) groups is 1. The zero-order valence-electron chi connectivity index (χ0n) is 16.5. The Bertz CT molecular complexity index is 1020. The van der Waals surface area contributed by atoms with E-state index in [4.69, 9.17) is 0 Å². The van der Waals surface area contributed by atoms with Gasteiger partial charge < -0.3 is 4.90 Å². The zero-order valence-corrected chi connectivity index (χ0v) is 17.3. The fraction of sp³-hybridized carbons (Fsp3) is 0.333. The molecule has 0 aliphatic heterocycles. The summed E-state index contributed by atoms with van der Waals surface area (Å²) in [6.45, 7) is 5.29. The van der Waals surface area contributed by atoms with Gasteiger partial charge in [0.15, 0.2) is 10.9 Å². The topological polar surface area (TPSA) is 37.6 Å². The summed E-state index contributed by atoms with van der Waals surface area (Å²) >= 11 is 1.13. The molecule has 0 atom stereocenters. The molecule has 0 saturated carbocycles. The van der Waals surface area contributed by atoms with Crippen molar-refractivity contribution in [3.05, 3.63) is 58.7 Å². The molecule has 1 heterocycles. The number of carbonyl (C=O) groups excluding carboxylic acids is 1. The number of amides is 1. The number of aromatic nitrogens is 1. The molecule has 4 nitrogen and oxygen atoms in total. The standard InChI is InChI=1S/C21H23F2N3OS/c1-13-6-7-15(10-14(13)2)20(27)26(9-5-8-25(3)4)21-24-19-17(23)11-16(22)12-18(19)28-21/h6-7,10-12H,5,8-9H2,1-4H3/p+1. The number of rotatable bonds is 6. The first-order valence-electron chi connectivity index (χ1n) is 9.20. The Morgan fingerprint density at radius 3 is 2.57 bits per heavy atom. The Morgan fingerprint density at radius 1 is 1.14 bits per heavy atom. The minimum Gasteiger partial charge on any atom is -0.340 e. The number of halogens is 2. The molecule has 1 amide bonds. The summed E-state index contributed by atoms with van der Waals surface area (Å²) in [5.74, 6) is -1.55. The van der Waals surface area contributed by atoms with Crippen LogP contribution in [-0.2, 0) is 0 Å². The van der Waals surface area contributed by atoms with E-state index in [1.165, 1.54) is 11.0 Å². The van der Waals surface area contributed by atoms with E-state index in [2.05, 4.69) is 4.98 Å². The molecule has 3 rings (SSSR count). The van der Waals surface area contributed by atoms with Crippen molar-refractivity contribution in [1.82, 2.24) is 4.98 Å². The second kappa shape index (κ2) is 8.32. The zero-order chi connectivity index (χ0) is 20.4. The number of quaternary nitrogens is 1. The Morgan fingerprint density at radius 2 is 1.89 bits per heavy atom. The van der Waals surface area contributed by atoms with Crippen molar-refractivity contribution in [3.63, 3.8) is 0 Å². The number of hydrogen-bond donors (Lipinski definition) is 1. The number of benzene rings is 2. The van der Waals surface area contributed by atoms with E-state index in [0.29, 0.717) is 21.9 Å². The molecule has 28 heavy (non-hydrogen) atoms. The second-order valence-corrected chi connectivity index (χ2v) is 8.31. The molecule has 0 unspecified atom stereocenters. The van der Waals surface area contributed by atoms with E-state index in [-0.39, 0.29) is 11.4 Å². The highest BCUT2D eigenvalue weighted by atomic mass is 32.1. The minimum absolute atomic E-state index is 0.0949. The van der Waals surface area contributed by atoms with E-state index in [1.54, 1.807) is 11.0 Å². The maximum atomic E-state index is 14.1. The van der Waals surface area contributed by atoms with Gasteiger partial charge in [0.1, 0.15) is 11.3 Å². The maximum Gasteiger partial charge on any atom is 0.260 e. The summed E-state index contributed by atoms with van der Waals surface area (Å²) in [5.41, 5.74) is 2.79. The fourth-order valence-corrected chi connectivity index (χ4v) is 4.00. The van der Waals surface area contributed by atoms with Crippen molar-refractivity contribution >= 4 is 32.6 Å². The number of nitrogens with zero attached hydrogens (tertiary/aromatic N) is 2. The van der Waals surface area contributed by atoms with Crippen molar-refractivity contribution in [1.29, 1.82) is 0 Å². The number of aryl methyl sites for hydroxylation is 2. The van der Waals surface area contributed by atoms with Crippen LogP contribution in [0.25, 0.3) is 10.2 Å². The Hall–Kier alpha value is -2.38. The molecular formula is C21H24F2N3OS+. The number of thiazole rings is 1. The van der Waals surface area contributed by atoms with E-state index in [0.717, 1.165) is 41.5 Å². The highest BCUT2D eigenvalue weighted by Gasteiger charge is 2.23. The molecule has 0 bridgehead atoms. The van der Waals surface area contributed by atoms with Gasteiger partial charge in [0.2, 0.25) is 0 Å². The third-order valence-electron chi connectivity index (χ3n) is 4.69. The number of fused-ring (bicyclic) bond motifs is 1.